The molecule has 0 fully saturated rings. The van der Waals surface area contributed by atoms with E-state index in [-0.39, 0.29) is 0 Å². The van der Waals surface area contributed by atoms with Crippen LogP contribution in [0.2, 0.25) is 5.02 Å². The Balaban J connectivity index is 2.58. The van der Waals surface area contributed by atoms with Crippen LogP contribution in [0, 0.1) is 0 Å². The minimum Gasteiger partial charge on any atom is -0.144 e. The molecule has 0 radical (unpaired) electrons. The zero-order chi connectivity index (χ0) is 9.26. The lowest BCUT2D eigenvalue weighted by molar-refractivity contribution is 1.20. The molecule has 0 amide bonds. The van der Waals surface area contributed by atoms with E-state index in [1.54, 1.807) is 11.3 Å². The van der Waals surface area contributed by atoms with Crippen molar-refractivity contribution in [2.24, 2.45) is 0 Å². The monoisotopic (exact) mass is 274 g/mol. The predicted molar refractivity (Wildman–Crippen MR) is 64.3 cm³/mol. The van der Waals surface area contributed by atoms with Crippen molar-refractivity contribution in [1.29, 1.82) is 0 Å². The molecule has 68 valence electrons. The van der Waals surface area contributed by atoms with Gasteiger partial charge in [0.15, 0.2) is 0 Å². The van der Waals surface area contributed by atoms with Crippen LogP contribution < -0.4 is 0 Å². The average Bonchev–Trinajstić information content (AvgIpc) is 2.49. The quantitative estimate of drug-likeness (QED) is 0.708. The van der Waals surface area contributed by atoms with E-state index in [9.17, 15) is 0 Å². The minimum absolute atomic E-state index is 0.821. The van der Waals surface area contributed by atoms with E-state index in [4.69, 9.17) is 11.6 Å². The van der Waals surface area contributed by atoms with Gasteiger partial charge in [-0.25, -0.2) is 0 Å². The first kappa shape index (κ1) is 9.50. The Labute approximate surface area is 94.7 Å². The van der Waals surface area contributed by atoms with Gasteiger partial charge in [-0.2, -0.15) is 0 Å². The molecule has 1 heterocycles. The van der Waals surface area contributed by atoms with Gasteiger partial charge in [-0.3, -0.25) is 0 Å². The van der Waals surface area contributed by atoms with Crippen molar-refractivity contribution in [3.63, 3.8) is 0 Å². The first-order valence-electron chi connectivity index (χ1n) is 4.03. The zero-order valence-corrected chi connectivity index (χ0v) is 10.0. The number of aryl methyl sites for hydroxylation is 1. The molecule has 0 spiro atoms. The number of thiophene rings is 1. The van der Waals surface area contributed by atoms with Crippen LogP contribution in [0.3, 0.4) is 0 Å². The largest absolute Gasteiger partial charge is 0.144 e. The third-order valence-corrected chi connectivity index (χ3v) is 3.62. The van der Waals surface area contributed by atoms with E-state index in [1.165, 1.54) is 15.6 Å². The summed E-state index contributed by atoms with van der Waals surface area (Å²) in [6.45, 7) is 0. The third-order valence-electron chi connectivity index (χ3n) is 1.98. The molecule has 0 aliphatic carbocycles. The summed E-state index contributed by atoms with van der Waals surface area (Å²) in [5.74, 6) is 0. The van der Waals surface area contributed by atoms with Crippen molar-refractivity contribution in [3.8, 4) is 0 Å². The number of benzene rings is 1. The lowest BCUT2D eigenvalue weighted by atomic mass is 10.1. The van der Waals surface area contributed by atoms with E-state index in [1.807, 2.05) is 12.1 Å². The van der Waals surface area contributed by atoms with Crippen molar-refractivity contribution in [3.05, 3.63) is 34.2 Å². The summed E-state index contributed by atoms with van der Waals surface area (Å²) in [5.41, 5.74) is 1.39. The van der Waals surface area contributed by atoms with Crippen LogP contribution in [0.4, 0.5) is 0 Å². The molecule has 0 aliphatic rings. The van der Waals surface area contributed by atoms with Crippen LogP contribution in [0.1, 0.15) is 5.56 Å². The Morgan fingerprint density at radius 2 is 2.23 bits per heavy atom. The molecule has 0 saturated heterocycles. The van der Waals surface area contributed by atoms with E-state index in [2.05, 4.69) is 27.4 Å². The molecule has 0 saturated carbocycles. The topological polar surface area (TPSA) is 0 Å². The van der Waals surface area contributed by atoms with Gasteiger partial charge in [0.25, 0.3) is 0 Å². The molecule has 0 N–H and O–H groups in total. The Morgan fingerprint density at radius 1 is 1.38 bits per heavy atom. The van der Waals surface area contributed by atoms with Gasteiger partial charge in [0, 0.05) is 15.1 Å². The minimum atomic E-state index is 0.821. The van der Waals surface area contributed by atoms with E-state index in [0.717, 1.165) is 16.8 Å². The van der Waals surface area contributed by atoms with Gasteiger partial charge < -0.3 is 0 Å². The summed E-state index contributed by atoms with van der Waals surface area (Å²) in [7, 11) is 0. The van der Waals surface area contributed by atoms with Gasteiger partial charge in [-0.1, -0.05) is 27.5 Å². The maximum Gasteiger partial charge on any atom is 0.0413 e. The third kappa shape index (κ3) is 1.90. The second-order valence-electron chi connectivity index (χ2n) is 2.84. The van der Waals surface area contributed by atoms with Crippen molar-refractivity contribution >= 4 is 49.0 Å². The number of hydrogen-bond acceptors (Lipinski definition) is 1. The highest BCUT2D eigenvalue weighted by Gasteiger charge is 2.03. The highest BCUT2D eigenvalue weighted by atomic mass is 79.9. The van der Waals surface area contributed by atoms with Gasteiger partial charge in [0.05, 0.1) is 0 Å². The first-order valence-corrected chi connectivity index (χ1v) is 6.41. The van der Waals surface area contributed by atoms with E-state index in [0.29, 0.717) is 0 Å². The van der Waals surface area contributed by atoms with E-state index >= 15 is 0 Å². The lowest BCUT2D eigenvalue weighted by Crippen LogP contribution is -1.81. The number of rotatable bonds is 2. The number of fused-ring (bicyclic) bond motifs is 1. The molecule has 1 aromatic carbocycles. The highest BCUT2D eigenvalue weighted by molar-refractivity contribution is 9.09. The Kier molecular flexibility index (Phi) is 2.92. The molecule has 3 heteroatoms. The van der Waals surface area contributed by atoms with Gasteiger partial charge in [-0.15, -0.1) is 11.3 Å². The van der Waals surface area contributed by atoms with Crippen LogP contribution in [0.5, 0.6) is 0 Å². The molecule has 0 bridgehead atoms. The zero-order valence-electron chi connectivity index (χ0n) is 6.89. The van der Waals surface area contributed by atoms with Crippen LogP contribution in [-0.2, 0) is 6.42 Å². The van der Waals surface area contributed by atoms with Crippen molar-refractivity contribution in [2.75, 3.05) is 5.33 Å². The molecule has 2 aromatic rings. The maximum absolute atomic E-state index is 5.94. The fourth-order valence-corrected chi connectivity index (χ4v) is 2.93. The molecule has 0 aliphatic heterocycles. The second kappa shape index (κ2) is 3.99. The summed E-state index contributed by atoms with van der Waals surface area (Å²) < 4.78 is 1.32. The Morgan fingerprint density at radius 3 is 3.00 bits per heavy atom. The van der Waals surface area contributed by atoms with Gasteiger partial charge >= 0.3 is 0 Å². The molecule has 2 rings (SSSR count). The number of hydrogen-bond donors (Lipinski definition) is 0. The lowest BCUT2D eigenvalue weighted by Gasteiger charge is -1.95. The molecule has 1 aromatic heterocycles. The van der Waals surface area contributed by atoms with Crippen LogP contribution in [0.25, 0.3) is 10.1 Å². The maximum atomic E-state index is 5.94. The molecule has 0 nitrogen and oxygen atoms in total. The Hall–Kier alpha value is -0.0500. The summed E-state index contributed by atoms with van der Waals surface area (Å²) in [6, 6.07) is 6.07. The summed E-state index contributed by atoms with van der Waals surface area (Å²) >= 11 is 11.2. The fourth-order valence-electron chi connectivity index (χ4n) is 1.35. The normalized spacial score (nSPS) is 10.9. The first-order chi connectivity index (χ1) is 6.31. The predicted octanol–water partition coefficient (Wildman–Crippen LogP) is 4.49. The van der Waals surface area contributed by atoms with Gasteiger partial charge in [-0.05, 0) is 40.9 Å². The van der Waals surface area contributed by atoms with E-state index < -0.39 is 0 Å². The molecular formula is C10H8BrClS. The molecule has 0 atom stereocenters. The summed E-state index contributed by atoms with van der Waals surface area (Å²) in [5, 5.41) is 5.34. The average molecular weight is 276 g/mol. The van der Waals surface area contributed by atoms with Crippen LogP contribution in [-0.4, -0.2) is 5.33 Å². The van der Waals surface area contributed by atoms with Gasteiger partial charge in [0.1, 0.15) is 0 Å². The SMILES string of the molecule is Clc1ccc2scc(CCBr)c2c1. The molecule has 0 unspecified atom stereocenters. The summed E-state index contributed by atoms with van der Waals surface area (Å²) in [4.78, 5) is 0. The fraction of sp³-hybridized carbons (Fsp3) is 0.200. The van der Waals surface area contributed by atoms with Crippen LogP contribution >= 0.6 is 38.9 Å². The van der Waals surface area contributed by atoms with Crippen molar-refractivity contribution in [1.82, 2.24) is 0 Å². The molecule has 13 heavy (non-hydrogen) atoms. The van der Waals surface area contributed by atoms with Crippen molar-refractivity contribution in [2.45, 2.75) is 6.42 Å². The van der Waals surface area contributed by atoms with Crippen molar-refractivity contribution < 1.29 is 0 Å². The van der Waals surface area contributed by atoms with Gasteiger partial charge in [0.2, 0.25) is 0 Å². The summed E-state index contributed by atoms with van der Waals surface area (Å²) in [6.07, 6.45) is 1.07. The molecular weight excluding hydrogens is 268 g/mol. The number of alkyl halides is 1. The number of halogens is 2. The highest BCUT2D eigenvalue weighted by Crippen LogP contribution is 2.29. The van der Waals surface area contributed by atoms with Crippen LogP contribution in [0.15, 0.2) is 23.6 Å². The second-order valence-corrected chi connectivity index (χ2v) is 4.98. The Bertz CT molecular complexity index is 422. The smallest absolute Gasteiger partial charge is 0.0413 e. The standard InChI is InChI=1S/C10H8BrClS/c11-4-3-7-6-13-10-2-1-8(12)5-9(7)10/h1-2,5-6H,3-4H2.